The Kier molecular flexibility index (Phi) is 3.86. The highest BCUT2D eigenvalue weighted by molar-refractivity contribution is 9.10. The summed E-state index contributed by atoms with van der Waals surface area (Å²) in [6, 6.07) is 0. The lowest BCUT2D eigenvalue weighted by atomic mass is 10.1. The SMILES string of the molecule is CC(C)c1nc(N2CCCCC2)nc(N)c1Br. The molecule has 1 saturated heterocycles. The number of aromatic nitrogens is 2. The van der Waals surface area contributed by atoms with Crippen LogP contribution in [0.2, 0.25) is 0 Å². The van der Waals surface area contributed by atoms with Crippen molar-refractivity contribution < 1.29 is 0 Å². The van der Waals surface area contributed by atoms with Crippen LogP contribution in [-0.4, -0.2) is 23.1 Å². The predicted molar refractivity (Wildman–Crippen MR) is 74.3 cm³/mol. The summed E-state index contributed by atoms with van der Waals surface area (Å²) in [7, 11) is 0. The van der Waals surface area contributed by atoms with E-state index >= 15 is 0 Å². The van der Waals surface area contributed by atoms with Gasteiger partial charge in [-0.25, -0.2) is 4.98 Å². The average Bonchev–Trinajstić information content (AvgIpc) is 2.33. The van der Waals surface area contributed by atoms with Crippen molar-refractivity contribution in [3.63, 3.8) is 0 Å². The summed E-state index contributed by atoms with van der Waals surface area (Å²) in [4.78, 5) is 11.3. The van der Waals surface area contributed by atoms with Crippen LogP contribution in [0.4, 0.5) is 11.8 Å². The van der Waals surface area contributed by atoms with Gasteiger partial charge in [0.05, 0.1) is 10.2 Å². The molecule has 2 heterocycles. The zero-order valence-corrected chi connectivity index (χ0v) is 12.0. The molecule has 0 spiro atoms. The number of hydrogen-bond donors (Lipinski definition) is 1. The van der Waals surface area contributed by atoms with Gasteiger partial charge in [0.25, 0.3) is 0 Å². The Morgan fingerprint density at radius 3 is 2.41 bits per heavy atom. The largest absolute Gasteiger partial charge is 0.383 e. The van der Waals surface area contributed by atoms with Crippen LogP contribution in [0.15, 0.2) is 4.47 Å². The van der Waals surface area contributed by atoms with Gasteiger partial charge >= 0.3 is 0 Å². The van der Waals surface area contributed by atoms with Gasteiger partial charge in [-0.2, -0.15) is 4.98 Å². The first kappa shape index (κ1) is 12.6. The van der Waals surface area contributed by atoms with Crippen LogP contribution in [0.5, 0.6) is 0 Å². The number of halogens is 1. The molecule has 0 aromatic carbocycles. The van der Waals surface area contributed by atoms with E-state index in [1.54, 1.807) is 0 Å². The maximum atomic E-state index is 5.94. The monoisotopic (exact) mass is 298 g/mol. The topological polar surface area (TPSA) is 55.0 Å². The van der Waals surface area contributed by atoms with E-state index in [-0.39, 0.29) is 0 Å². The van der Waals surface area contributed by atoms with Crippen LogP contribution in [0.3, 0.4) is 0 Å². The number of anilines is 2. The molecule has 1 aliphatic heterocycles. The van der Waals surface area contributed by atoms with Crippen molar-refractivity contribution in [2.24, 2.45) is 0 Å². The average molecular weight is 299 g/mol. The first-order valence-corrected chi connectivity index (χ1v) is 6.96. The standard InChI is InChI=1S/C12H19BrN4/c1-8(2)10-9(13)11(14)16-12(15-10)17-6-4-3-5-7-17/h8H,3-7H2,1-2H3,(H2,14,15,16). The zero-order valence-electron chi connectivity index (χ0n) is 10.4. The molecule has 0 bridgehead atoms. The summed E-state index contributed by atoms with van der Waals surface area (Å²) in [5.41, 5.74) is 6.94. The lowest BCUT2D eigenvalue weighted by molar-refractivity contribution is 0.566. The van der Waals surface area contributed by atoms with Crippen LogP contribution < -0.4 is 10.6 Å². The number of nitrogen functional groups attached to an aromatic ring is 1. The molecule has 0 saturated carbocycles. The van der Waals surface area contributed by atoms with E-state index in [2.05, 4.69) is 44.6 Å². The summed E-state index contributed by atoms with van der Waals surface area (Å²) in [5, 5.41) is 0. The normalized spacial score (nSPS) is 16.6. The van der Waals surface area contributed by atoms with Crippen LogP contribution in [-0.2, 0) is 0 Å². The minimum atomic E-state index is 0.346. The molecule has 17 heavy (non-hydrogen) atoms. The van der Waals surface area contributed by atoms with Gasteiger partial charge in [-0.1, -0.05) is 13.8 Å². The number of nitrogens with two attached hydrogens (primary N) is 1. The quantitative estimate of drug-likeness (QED) is 0.912. The molecule has 1 aromatic rings. The first-order chi connectivity index (χ1) is 8.09. The van der Waals surface area contributed by atoms with Crippen molar-refractivity contribution in [3.05, 3.63) is 10.2 Å². The van der Waals surface area contributed by atoms with Crippen molar-refractivity contribution in [2.45, 2.75) is 39.0 Å². The molecule has 1 aromatic heterocycles. The van der Waals surface area contributed by atoms with Crippen molar-refractivity contribution in [3.8, 4) is 0 Å². The molecule has 4 nitrogen and oxygen atoms in total. The molecule has 1 fully saturated rings. The molecule has 2 rings (SSSR count). The lowest BCUT2D eigenvalue weighted by Crippen LogP contribution is -2.31. The minimum Gasteiger partial charge on any atom is -0.383 e. The Morgan fingerprint density at radius 2 is 1.82 bits per heavy atom. The maximum absolute atomic E-state index is 5.94. The van der Waals surface area contributed by atoms with E-state index in [9.17, 15) is 0 Å². The highest BCUT2D eigenvalue weighted by atomic mass is 79.9. The molecular weight excluding hydrogens is 280 g/mol. The first-order valence-electron chi connectivity index (χ1n) is 6.17. The van der Waals surface area contributed by atoms with Crippen molar-refractivity contribution in [1.29, 1.82) is 0 Å². The van der Waals surface area contributed by atoms with Crippen LogP contribution in [0.25, 0.3) is 0 Å². The highest BCUT2D eigenvalue weighted by Gasteiger charge is 2.18. The highest BCUT2D eigenvalue weighted by Crippen LogP contribution is 2.29. The second-order valence-electron chi connectivity index (χ2n) is 4.81. The second-order valence-corrected chi connectivity index (χ2v) is 5.60. The smallest absolute Gasteiger partial charge is 0.227 e. The third-order valence-electron chi connectivity index (χ3n) is 3.08. The molecule has 1 aliphatic rings. The summed E-state index contributed by atoms with van der Waals surface area (Å²) < 4.78 is 0.841. The molecule has 94 valence electrons. The van der Waals surface area contributed by atoms with E-state index in [0.29, 0.717) is 11.7 Å². The zero-order chi connectivity index (χ0) is 12.4. The summed E-state index contributed by atoms with van der Waals surface area (Å²) in [5.74, 6) is 1.68. The van der Waals surface area contributed by atoms with Gasteiger partial charge in [0.15, 0.2) is 0 Å². The summed E-state index contributed by atoms with van der Waals surface area (Å²) in [6.45, 7) is 6.32. The fraction of sp³-hybridized carbons (Fsp3) is 0.667. The van der Waals surface area contributed by atoms with Gasteiger partial charge in [-0.05, 0) is 41.1 Å². The predicted octanol–water partition coefficient (Wildman–Crippen LogP) is 2.94. The molecule has 5 heteroatoms. The van der Waals surface area contributed by atoms with Gasteiger partial charge in [0.2, 0.25) is 5.95 Å². The van der Waals surface area contributed by atoms with Crippen LogP contribution in [0, 0.1) is 0 Å². The van der Waals surface area contributed by atoms with Crippen molar-refractivity contribution in [2.75, 3.05) is 23.7 Å². The second kappa shape index (κ2) is 5.21. The van der Waals surface area contributed by atoms with E-state index in [1.807, 2.05) is 0 Å². The van der Waals surface area contributed by atoms with Gasteiger partial charge in [-0.3, -0.25) is 0 Å². The van der Waals surface area contributed by atoms with E-state index in [4.69, 9.17) is 5.73 Å². The van der Waals surface area contributed by atoms with Gasteiger partial charge in [0.1, 0.15) is 5.82 Å². The fourth-order valence-corrected chi connectivity index (χ4v) is 2.72. The Labute approximate surface area is 111 Å². The third-order valence-corrected chi connectivity index (χ3v) is 3.89. The fourth-order valence-electron chi connectivity index (χ4n) is 2.09. The molecule has 0 amide bonds. The van der Waals surface area contributed by atoms with Crippen LogP contribution in [0.1, 0.15) is 44.7 Å². The molecule has 0 atom stereocenters. The van der Waals surface area contributed by atoms with Gasteiger partial charge in [-0.15, -0.1) is 0 Å². The van der Waals surface area contributed by atoms with Crippen LogP contribution >= 0.6 is 15.9 Å². The lowest BCUT2D eigenvalue weighted by Gasteiger charge is -2.27. The number of rotatable bonds is 2. The Hall–Kier alpha value is -0.840. The minimum absolute atomic E-state index is 0.346. The molecule has 0 aliphatic carbocycles. The number of piperidine rings is 1. The summed E-state index contributed by atoms with van der Waals surface area (Å²) in [6.07, 6.45) is 3.74. The maximum Gasteiger partial charge on any atom is 0.227 e. The summed E-state index contributed by atoms with van der Waals surface area (Å²) >= 11 is 3.47. The van der Waals surface area contributed by atoms with Gasteiger partial charge in [0, 0.05) is 13.1 Å². The van der Waals surface area contributed by atoms with E-state index < -0.39 is 0 Å². The Bertz CT molecular complexity index is 400. The molecular formula is C12H19BrN4. The Morgan fingerprint density at radius 1 is 1.18 bits per heavy atom. The van der Waals surface area contributed by atoms with Gasteiger partial charge < -0.3 is 10.6 Å². The molecule has 0 radical (unpaired) electrons. The third kappa shape index (κ3) is 2.70. The van der Waals surface area contributed by atoms with Crippen molar-refractivity contribution in [1.82, 2.24) is 9.97 Å². The van der Waals surface area contributed by atoms with Crippen molar-refractivity contribution >= 4 is 27.7 Å². The molecule has 0 unspecified atom stereocenters. The van der Waals surface area contributed by atoms with E-state index in [1.165, 1.54) is 19.3 Å². The van der Waals surface area contributed by atoms with E-state index in [0.717, 1.165) is 29.2 Å². The molecule has 2 N–H and O–H groups in total. The Balaban J connectivity index is 2.34. The number of nitrogens with zero attached hydrogens (tertiary/aromatic N) is 3. The number of hydrogen-bond acceptors (Lipinski definition) is 4.